The third-order valence-corrected chi connectivity index (χ3v) is 5.23. The molecule has 0 aliphatic carbocycles. The number of ketones is 1. The Morgan fingerprint density at radius 3 is 2.50 bits per heavy atom. The molecule has 136 valence electrons. The van der Waals surface area contributed by atoms with Crippen molar-refractivity contribution >= 4 is 17.5 Å². The van der Waals surface area contributed by atoms with E-state index < -0.39 is 0 Å². The second-order valence-electron chi connectivity index (χ2n) is 6.83. The second-order valence-corrected chi connectivity index (χ2v) is 7.77. The molecule has 0 aliphatic rings. The molecule has 1 aromatic carbocycles. The van der Waals surface area contributed by atoms with Gasteiger partial charge in [0.05, 0.1) is 5.75 Å². The minimum Gasteiger partial charge on any atom is -0.318 e. The first kappa shape index (κ1) is 18.5. The molecule has 0 aliphatic heterocycles. The highest BCUT2D eigenvalue weighted by atomic mass is 32.2. The van der Waals surface area contributed by atoms with Gasteiger partial charge in [-0.25, -0.2) is 4.98 Å². The van der Waals surface area contributed by atoms with Gasteiger partial charge < -0.3 is 4.57 Å². The number of aryl methyl sites for hydroxylation is 2. The predicted molar refractivity (Wildman–Crippen MR) is 106 cm³/mol. The molecule has 3 rings (SSSR count). The Bertz CT molecular complexity index is 922. The van der Waals surface area contributed by atoms with Gasteiger partial charge in [0.2, 0.25) is 5.16 Å². The van der Waals surface area contributed by atoms with E-state index in [4.69, 9.17) is 0 Å². The van der Waals surface area contributed by atoms with Crippen molar-refractivity contribution in [1.29, 1.82) is 0 Å². The molecule has 6 heteroatoms. The van der Waals surface area contributed by atoms with Crippen molar-refractivity contribution in [2.45, 2.75) is 45.7 Å². The van der Waals surface area contributed by atoms with E-state index in [0.717, 1.165) is 28.5 Å². The third-order valence-electron chi connectivity index (χ3n) is 4.39. The van der Waals surface area contributed by atoms with Gasteiger partial charge in [-0.05, 0) is 39.0 Å². The smallest absolute Gasteiger partial charge is 0.208 e. The Hall–Kier alpha value is -2.34. The molecule has 5 nitrogen and oxygen atoms in total. The summed E-state index contributed by atoms with van der Waals surface area (Å²) in [7, 11) is 0. The van der Waals surface area contributed by atoms with Crippen LogP contribution in [0.15, 0.2) is 35.5 Å². The fourth-order valence-electron chi connectivity index (χ4n) is 2.92. The fourth-order valence-corrected chi connectivity index (χ4v) is 3.61. The number of H-pyrrole nitrogens is 1. The number of nitrogens with zero attached hydrogens (tertiary/aromatic N) is 3. The fraction of sp³-hybridized carbons (Fsp3) is 0.350. The minimum atomic E-state index is 0.0948. The van der Waals surface area contributed by atoms with Gasteiger partial charge in [0.25, 0.3) is 0 Å². The number of carbonyl (C=O) groups is 1. The van der Waals surface area contributed by atoms with Gasteiger partial charge >= 0.3 is 0 Å². The number of aromatic nitrogens is 4. The van der Waals surface area contributed by atoms with Gasteiger partial charge in [-0.1, -0.05) is 43.3 Å². The van der Waals surface area contributed by atoms with Gasteiger partial charge in [-0.3, -0.25) is 9.89 Å². The van der Waals surface area contributed by atoms with E-state index in [-0.39, 0.29) is 5.78 Å². The van der Waals surface area contributed by atoms with Crippen LogP contribution in [-0.4, -0.2) is 31.3 Å². The van der Waals surface area contributed by atoms with Crippen LogP contribution in [0.1, 0.15) is 52.9 Å². The van der Waals surface area contributed by atoms with E-state index in [2.05, 4.69) is 64.8 Å². The van der Waals surface area contributed by atoms with Gasteiger partial charge in [-0.15, -0.1) is 5.10 Å². The summed E-state index contributed by atoms with van der Waals surface area (Å²) >= 11 is 1.37. The van der Waals surface area contributed by atoms with Crippen molar-refractivity contribution in [3.8, 4) is 5.69 Å². The van der Waals surface area contributed by atoms with Crippen molar-refractivity contribution in [3.63, 3.8) is 0 Å². The van der Waals surface area contributed by atoms with Crippen LogP contribution in [-0.2, 0) is 0 Å². The lowest BCUT2D eigenvalue weighted by atomic mass is 10.2. The monoisotopic (exact) mass is 368 g/mol. The number of aromatic amines is 1. The average molecular weight is 369 g/mol. The predicted octanol–water partition coefficient (Wildman–Crippen LogP) is 4.62. The summed E-state index contributed by atoms with van der Waals surface area (Å²) in [5.41, 5.74) is 5.08. The summed E-state index contributed by atoms with van der Waals surface area (Å²) in [6.07, 6.45) is 0. The molecule has 1 N–H and O–H groups in total. The molecule has 0 radical (unpaired) electrons. The quantitative estimate of drug-likeness (QED) is 0.509. The lowest BCUT2D eigenvalue weighted by Crippen LogP contribution is -2.05. The summed E-state index contributed by atoms with van der Waals surface area (Å²) in [6.45, 7) is 10.2. The molecule has 0 fully saturated rings. The van der Waals surface area contributed by atoms with Crippen molar-refractivity contribution < 1.29 is 4.79 Å². The largest absolute Gasteiger partial charge is 0.318 e. The number of carbonyl (C=O) groups excluding carboxylic acids is 1. The Morgan fingerprint density at radius 2 is 1.88 bits per heavy atom. The van der Waals surface area contributed by atoms with Gasteiger partial charge in [0.15, 0.2) is 5.78 Å². The van der Waals surface area contributed by atoms with Crippen LogP contribution in [0.3, 0.4) is 0 Å². The zero-order chi connectivity index (χ0) is 18.8. The van der Waals surface area contributed by atoms with E-state index in [1.807, 2.05) is 19.9 Å². The van der Waals surface area contributed by atoms with Gasteiger partial charge in [0.1, 0.15) is 5.82 Å². The summed E-state index contributed by atoms with van der Waals surface area (Å²) in [4.78, 5) is 17.1. The number of benzene rings is 1. The van der Waals surface area contributed by atoms with Crippen LogP contribution in [0, 0.1) is 20.8 Å². The number of hydrogen-bond acceptors (Lipinski definition) is 4. The van der Waals surface area contributed by atoms with Crippen molar-refractivity contribution in [2.75, 3.05) is 5.75 Å². The number of hydrogen-bond donors (Lipinski definition) is 1. The maximum Gasteiger partial charge on any atom is 0.208 e. The Balaban J connectivity index is 1.77. The molecule has 0 bridgehead atoms. The number of nitrogens with one attached hydrogen (secondary N) is 1. The first-order valence-electron chi connectivity index (χ1n) is 8.71. The molecule has 2 aromatic heterocycles. The maximum atomic E-state index is 12.7. The molecule has 0 atom stereocenters. The molecule has 26 heavy (non-hydrogen) atoms. The first-order valence-corrected chi connectivity index (χ1v) is 9.69. The van der Waals surface area contributed by atoms with Gasteiger partial charge in [0, 0.05) is 28.6 Å². The SMILES string of the molecule is Cc1ccc(-n2c(C)cc(C(=O)CSc3n[nH]c(C(C)C)n3)c2C)cc1. The van der Waals surface area contributed by atoms with Gasteiger partial charge in [-0.2, -0.15) is 0 Å². The first-order chi connectivity index (χ1) is 12.4. The molecule has 2 heterocycles. The second kappa shape index (κ2) is 7.50. The zero-order valence-electron chi connectivity index (χ0n) is 15.8. The molecule has 0 saturated carbocycles. The van der Waals surface area contributed by atoms with Crippen LogP contribution in [0.5, 0.6) is 0 Å². The maximum absolute atomic E-state index is 12.7. The van der Waals surface area contributed by atoms with Crippen LogP contribution < -0.4 is 0 Å². The van der Waals surface area contributed by atoms with Crippen molar-refractivity contribution in [1.82, 2.24) is 19.7 Å². The molecule has 0 amide bonds. The summed E-state index contributed by atoms with van der Waals surface area (Å²) in [6, 6.07) is 10.3. The molecular formula is C20H24N4OS. The lowest BCUT2D eigenvalue weighted by molar-refractivity contribution is 0.102. The van der Waals surface area contributed by atoms with Crippen LogP contribution in [0.25, 0.3) is 5.69 Å². The lowest BCUT2D eigenvalue weighted by Gasteiger charge is -2.10. The highest BCUT2D eigenvalue weighted by molar-refractivity contribution is 7.99. The van der Waals surface area contributed by atoms with E-state index in [9.17, 15) is 4.79 Å². The topological polar surface area (TPSA) is 63.6 Å². The third kappa shape index (κ3) is 3.75. The van der Waals surface area contributed by atoms with Crippen LogP contribution in [0.2, 0.25) is 0 Å². The highest BCUT2D eigenvalue weighted by Crippen LogP contribution is 2.24. The average Bonchev–Trinajstić information content (AvgIpc) is 3.19. The standard InChI is InChI=1S/C20H24N4OS/c1-12(2)19-21-20(23-22-19)26-11-18(25)17-10-14(4)24(15(17)5)16-8-6-13(3)7-9-16/h6-10,12H,11H2,1-5H3,(H,21,22,23). The summed E-state index contributed by atoms with van der Waals surface area (Å²) in [5, 5.41) is 7.72. The Labute approximate surface area is 158 Å². The van der Waals surface area contributed by atoms with E-state index in [1.54, 1.807) is 0 Å². The molecule has 0 unspecified atom stereocenters. The summed E-state index contributed by atoms with van der Waals surface area (Å²) < 4.78 is 2.13. The van der Waals surface area contributed by atoms with Crippen molar-refractivity contribution in [3.05, 3.63) is 58.7 Å². The molecule has 0 saturated heterocycles. The molecule has 3 aromatic rings. The van der Waals surface area contributed by atoms with Crippen LogP contribution in [0.4, 0.5) is 0 Å². The Morgan fingerprint density at radius 1 is 1.19 bits per heavy atom. The van der Waals surface area contributed by atoms with Crippen LogP contribution >= 0.6 is 11.8 Å². The zero-order valence-corrected chi connectivity index (χ0v) is 16.6. The molecular weight excluding hydrogens is 344 g/mol. The van der Waals surface area contributed by atoms with E-state index >= 15 is 0 Å². The highest BCUT2D eigenvalue weighted by Gasteiger charge is 2.18. The van der Waals surface area contributed by atoms with Crippen molar-refractivity contribution in [2.24, 2.45) is 0 Å². The minimum absolute atomic E-state index is 0.0948. The molecule has 0 spiro atoms. The number of thioether (sulfide) groups is 1. The summed E-state index contributed by atoms with van der Waals surface area (Å²) in [5.74, 6) is 1.56. The normalized spacial score (nSPS) is 11.3. The van der Waals surface area contributed by atoms with E-state index in [0.29, 0.717) is 16.8 Å². The number of rotatable bonds is 6. The number of Topliss-reactive ketones (excluding diaryl/α,β-unsaturated/α-hetero) is 1. The van der Waals surface area contributed by atoms with E-state index in [1.165, 1.54) is 17.3 Å². The Kier molecular flexibility index (Phi) is 5.32.